The standard InChI is InChI=1S/C19H26N2O4/c1-25-11-3-10-21-9-2-7-19(18(21)23)8-6-14-12-15(17(22)20-24)4-5-16(14)13-19/h4-5,12,24H,2-3,6-11,13H2,1H3,(H,20,22)/t19-/m0/s1. The molecule has 0 bridgehead atoms. The molecule has 2 amide bonds. The van der Waals surface area contributed by atoms with Gasteiger partial charge in [-0.05, 0) is 61.8 Å². The van der Waals surface area contributed by atoms with E-state index in [1.165, 1.54) is 0 Å². The molecular weight excluding hydrogens is 320 g/mol. The number of hydrogen-bond donors (Lipinski definition) is 2. The summed E-state index contributed by atoms with van der Waals surface area (Å²) in [5, 5.41) is 8.78. The van der Waals surface area contributed by atoms with Crippen molar-refractivity contribution >= 4 is 11.8 Å². The summed E-state index contributed by atoms with van der Waals surface area (Å²) in [4.78, 5) is 26.7. The number of aryl methyl sites for hydroxylation is 1. The Hall–Kier alpha value is -1.92. The van der Waals surface area contributed by atoms with E-state index in [-0.39, 0.29) is 11.3 Å². The first-order chi connectivity index (χ1) is 12.1. The van der Waals surface area contributed by atoms with Crippen molar-refractivity contribution in [3.8, 4) is 0 Å². The van der Waals surface area contributed by atoms with E-state index in [0.29, 0.717) is 12.2 Å². The second-order valence-corrected chi connectivity index (χ2v) is 7.12. The van der Waals surface area contributed by atoms with Gasteiger partial charge in [0.2, 0.25) is 5.91 Å². The number of likely N-dealkylation sites (tertiary alicyclic amines) is 1. The molecule has 0 saturated carbocycles. The van der Waals surface area contributed by atoms with Gasteiger partial charge in [-0.3, -0.25) is 14.8 Å². The van der Waals surface area contributed by atoms with Crippen molar-refractivity contribution in [1.82, 2.24) is 10.4 Å². The molecule has 6 heteroatoms. The zero-order valence-corrected chi connectivity index (χ0v) is 14.7. The summed E-state index contributed by atoms with van der Waals surface area (Å²) in [7, 11) is 1.68. The van der Waals surface area contributed by atoms with Crippen LogP contribution >= 0.6 is 0 Å². The van der Waals surface area contributed by atoms with Gasteiger partial charge in [0, 0.05) is 32.4 Å². The van der Waals surface area contributed by atoms with Crippen LogP contribution in [0.5, 0.6) is 0 Å². The summed E-state index contributed by atoms with van der Waals surface area (Å²) in [6.07, 6.45) is 5.20. The number of benzene rings is 1. The monoisotopic (exact) mass is 346 g/mol. The quantitative estimate of drug-likeness (QED) is 0.485. The summed E-state index contributed by atoms with van der Waals surface area (Å²) < 4.78 is 5.10. The maximum Gasteiger partial charge on any atom is 0.274 e. The molecule has 1 aliphatic carbocycles. The largest absolute Gasteiger partial charge is 0.385 e. The summed E-state index contributed by atoms with van der Waals surface area (Å²) in [6.45, 7) is 2.28. The Morgan fingerprint density at radius 1 is 1.36 bits per heavy atom. The summed E-state index contributed by atoms with van der Waals surface area (Å²) in [5.41, 5.74) is 4.09. The van der Waals surface area contributed by atoms with Crippen LogP contribution in [0.4, 0.5) is 0 Å². The van der Waals surface area contributed by atoms with Gasteiger partial charge in [-0.25, -0.2) is 5.48 Å². The number of carbonyl (C=O) groups is 2. The van der Waals surface area contributed by atoms with E-state index in [1.807, 2.05) is 17.0 Å². The van der Waals surface area contributed by atoms with E-state index in [0.717, 1.165) is 62.7 Å². The number of rotatable bonds is 5. The average Bonchev–Trinajstić information content (AvgIpc) is 2.64. The lowest BCUT2D eigenvalue weighted by Crippen LogP contribution is -2.51. The molecule has 6 nitrogen and oxygen atoms in total. The molecule has 1 aromatic rings. The number of fused-ring (bicyclic) bond motifs is 1. The van der Waals surface area contributed by atoms with Crippen molar-refractivity contribution < 1.29 is 19.5 Å². The van der Waals surface area contributed by atoms with Crippen molar-refractivity contribution in [1.29, 1.82) is 0 Å². The second-order valence-electron chi connectivity index (χ2n) is 7.12. The lowest BCUT2D eigenvalue weighted by atomic mass is 9.66. The van der Waals surface area contributed by atoms with E-state index in [9.17, 15) is 9.59 Å². The topological polar surface area (TPSA) is 78.9 Å². The fraction of sp³-hybridized carbons (Fsp3) is 0.579. The maximum atomic E-state index is 13.1. The number of ether oxygens (including phenoxy) is 1. The molecule has 1 heterocycles. The van der Waals surface area contributed by atoms with Gasteiger partial charge >= 0.3 is 0 Å². The number of methoxy groups -OCH3 is 1. The van der Waals surface area contributed by atoms with Gasteiger partial charge in [-0.15, -0.1) is 0 Å². The third kappa shape index (κ3) is 3.55. The number of hydroxylamine groups is 1. The van der Waals surface area contributed by atoms with Crippen LogP contribution in [-0.4, -0.2) is 48.7 Å². The van der Waals surface area contributed by atoms with Crippen molar-refractivity contribution in [2.24, 2.45) is 5.41 Å². The SMILES string of the molecule is COCCCN1CCC[C@@]2(CCc3cc(C(=O)NO)ccc3C2)C1=O. The number of amides is 2. The van der Waals surface area contributed by atoms with Gasteiger partial charge in [-0.1, -0.05) is 6.07 Å². The summed E-state index contributed by atoms with van der Waals surface area (Å²) in [5.74, 6) is -0.223. The highest BCUT2D eigenvalue weighted by Gasteiger charge is 2.45. The number of carbonyl (C=O) groups excluding carboxylic acids is 2. The fourth-order valence-corrected chi connectivity index (χ4v) is 4.23. The van der Waals surface area contributed by atoms with Crippen LogP contribution in [0.25, 0.3) is 0 Å². The van der Waals surface area contributed by atoms with Gasteiger partial charge in [0.1, 0.15) is 0 Å². The summed E-state index contributed by atoms with van der Waals surface area (Å²) >= 11 is 0. The van der Waals surface area contributed by atoms with Gasteiger partial charge in [0.25, 0.3) is 5.91 Å². The van der Waals surface area contributed by atoms with Crippen LogP contribution in [0.3, 0.4) is 0 Å². The number of piperidine rings is 1. The highest BCUT2D eigenvalue weighted by Crippen LogP contribution is 2.43. The molecule has 1 atom stereocenters. The predicted octanol–water partition coefficient (Wildman–Crippen LogP) is 1.94. The Balaban J connectivity index is 1.76. The molecule has 25 heavy (non-hydrogen) atoms. The van der Waals surface area contributed by atoms with Crippen LogP contribution in [0.2, 0.25) is 0 Å². The zero-order chi connectivity index (χ0) is 17.9. The molecule has 1 spiro atoms. The van der Waals surface area contributed by atoms with Crippen molar-refractivity contribution in [3.05, 3.63) is 34.9 Å². The van der Waals surface area contributed by atoms with Crippen LogP contribution < -0.4 is 5.48 Å². The molecule has 2 aliphatic rings. The molecule has 2 N–H and O–H groups in total. The molecule has 0 radical (unpaired) electrons. The van der Waals surface area contributed by atoms with Crippen molar-refractivity contribution in [2.75, 3.05) is 26.8 Å². The minimum absolute atomic E-state index is 0.276. The van der Waals surface area contributed by atoms with E-state index in [4.69, 9.17) is 9.94 Å². The molecule has 1 aliphatic heterocycles. The number of hydrogen-bond acceptors (Lipinski definition) is 4. The van der Waals surface area contributed by atoms with E-state index < -0.39 is 5.91 Å². The third-order valence-electron chi connectivity index (χ3n) is 5.57. The molecular formula is C19H26N2O4. The van der Waals surface area contributed by atoms with Gasteiger partial charge in [0.05, 0.1) is 5.41 Å². The van der Waals surface area contributed by atoms with Gasteiger partial charge < -0.3 is 9.64 Å². The molecule has 0 aromatic heterocycles. The van der Waals surface area contributed by atoms with Gasteiger partial charge in [-0.2, -0.15) is 0 Å². The lowest BCUT2D eigenvalue weighted by Gasteiger charge is -2.44. The highest BCUT2D eigenvalue weighted by molar-refractivity contribution is 5.93. The van der Waals surface area contributed by atoms with Crippen molar-refractivity contribution in [3.63, 3.8) is 0 Å². The Labute approximate surface area is 148 Å². The molecule has 1 aromatic carbocycles. The number of nitrogens with zero attached hydrogens (tertiary/aromatic N) is 1. The van der Waals surface area contributed by atoms with E-state index in [1.54, 1.807) is 18.7 Å². The highest BCUT2D eigenvalue weighted by atomic mass is 16.5. The second kappa shape index (κ2) is 7.54. The minimum Gasteiger partial charge on any atom is -0.385 e. The van der Waals surface area contributed by atoms with Crippen LogP contribution in [-0.2, 0) is 22.4 Å². The average molecular weight is 346 g/mol. The maximum absolute atomic E-state index is 13.1. The summed E-state index contributed by atoms with van der Waals surface area (Å²) in [6, 6.07) is 5.47. The smallest absolute Gasteiger partial charge is 0.274 e. The Morgan fingerprint density at radius 3 is 2.96 bits per heavy atom. The molecule has 3 rings (SSSR count). The normalized spacial score (nSPS) is 22.8. The van der Waals surface area contributed by atoms with Gasteiger partial charge in [0.15, 0.2) is 0 Å². The molecule has 136 valence electrons. The number of nitrogens with one attached hydrogen (secondary N) is 1. The minimum atomic E-state index is -0.499. The molecule has 1 saturated heterocycles. The Morgan fingerprint density at radius 2 is 2.20 bits per heavy atom. The zero-order valence-electron chi connectivity index (χ0n) is 14.7. The van der Waals surface area contributed by atoms with Crippen LogP contribution in [0.1, 0.15) is 47.2 Å². The molecule has 1 fully saturated rings. The van der Waals surface area contributed by atoms with E-state index >= 15 is 0 Å². The molecule has 0 unspecified atom stereocenters. The fourth-order valence-electron chi connectivity index (χ4n) is 4.23. The third-order valence-corrected chi connectivity index (χ3v) is 5.57. The first kappa shape index (κ1) is 17.9. The van der Waals surface area contributed by atoms with E-state index in [2.05, 4.69) is 0 Å². The Kier molecular flexibility index (Phi) is 5.39. The van der Waals surface area contributed by atoms with Crippen LogP contribution in [0.15, 0.2) is 18.2 Å². The lowest BCUT2D eigenvalue weighted by molar-refractivity contribution is -0.147. The Bertz CT molecular complexity index is 661. The van der Waals surface area contributed by atoms with Crippen molar-refractivity contribution in [2.45, 2.75) is 38.5 Å². The van der Waals surface area contributed by atoms with Crippen LogP contribution in [0, 0.1) is 5.41 Å². The first-order valence-corrected chi connectivity index (χ1v) is 8.94. The predicted molar refractivity (Wildman–Crippen MR) is 92.5 cm³/mol. The first-order valence-electron chi connectivity index (χ1n) is 8.94.